The molecule has 1 unspecified atom stereocenters. The fraction of sp³-hybridized carbons (Fsp3) is 0.600. The minimum absolute atomic E-state index is 0.234. The quantitative estimate of drug-likeness (QED) is 0.903. The molecule has 1 fully saturated rings. The van der Waals surface area contributed by atoms with Gasteiger partial charge in [-0.05, 0) is 31.4 Å². The normalized spacial score (nSPS) is 19.1. The van der Waals surface area contributed by atoms with E-state index in [1.165, 1.54) is 6.26 Å². The average Bonchev–Trinajstić information content (AvgIpc) is 2.73. The third kappa shape index (κ3) is 4.82. The van der Waals surface area contributed by atoms with E-state index in [0.29, 0.717) is 38.2 Å². The van der Waals surface area contributed by atoms with Gasteiger partial charge >= 0.3 is 6.03 Å². The number of nitrogens with one attached hydrogen (secondary N) is 1. The van der Waals surface area contributed by atoms with Crippen LogP contribution in [0.3, 0.4) is 0 Å². The van der Waals surface area contributed by atoms with Gasteiger partial charge < -0.3 is 9.80 Å². The smallest absolute Gasteiger partial charge is 0.323 e. The number of anilines is 2. The Labute approximate surface area is 137 Å². The Balaban J connectivity index is 2.00. The summed E-state index contributed by atoms with van der Waals surface area (Å²) < 4.78 is 23.3. The van der Waals surface area contributed by atoms with Crippen molar-refractivity contribution in [1.29, 1.82) is 0 Å². The van der Waals surface area contributed by atoms with Gasteiger partial charge in [0, 0.05) is 33.4 Å². The highest BCUT2D eigenvalue weighted by atomic mass is 32.2. The number of carbonyl (C=O) groups is 1. The van der Waals surface area contributed by atoms with Crippen molar-refractivity contribution in [1.82, 2.24) is 9.88 Å². The Morgan fingerprint density at radius 2 is 2.04 bits per heavy atom. The van der Waals surface area contributed by atoms with Gasteiger partial charge in [-0.15, -0.1) is 0 Å². The zero-order chi connectivity index (χ0) is 17.0. The zero-order valence-corrected chi connectivity index (χ0v) is 14.6. The maximum atomic E-state index is 12.4. The van der Waals surface area contributed by atoms with Crippen LogP contribution in [0.15, 0.2) is 18.2 Å². The van der Waals surface area contributed by atoms with Crippen molar-refractivity contribution in [2.24, 2.45) is 0 Å². The molecule has 7 nitrogen and oxygen atoms in total. The van der Waals surface area contributed by atoms with E-state index in [-0.39, 0.29) is 11.3 Å². The maximum Gasteiger partial charge on any atom is 0.323 e. The van der Waals surface area contributed by atoms with Crippen LogP contribution in [0.1, 0.15) is 19.3 Å². The number of aromatic nitrogens is 1. The number of hydrogen-bond donors (Lipinski definition) is 1. The van der Waals surface area contributed by atoms with Crippen LogP contribution in [0.25, 0.3) is 0 Å². The Morgan fingerprint density at radius 1 is 1.30 bits per heavy atom. The van der Waals surface area contributed by atoms with E-state index in [0.717, 1.165) is 5.82 Å². The number of carbonyl (C=O) groups excluding carboxylic acids is 1. The average molecular weight is 340 g/mol. The molecule has 8 heteroatoms. The summed E-state index contributed by atoms with van der Waals surface area (Å²) in [5.41, 5.74) is 0. The summed E-state index contributed by atoms with van der Waals surface area (Å²) in [4.78, 5) is 20.2. The summed E-state index contributed by atoms with van der Waals surface area (Å²) in [6.45, 7) is 1.00. The second-order valence-electron chi connectivity index (χ2n) is 6.08. The molecule has 0 spiro atoms. The second kappa shape index (κ2) is 7.16. The highest BCUT2D eigenvalue weighted by Gasteiger charge is 2.26. The van der Waals surface area contributed by atoms with Gasteiger partial charge in [0.25, 0.3) is 0 Å². The molecule has 2 amide bonds. The number of nitrogens with zero attached hydrogens (tertiary/aromatic N) is 3. The van der Waals surface area contributed by atoms with Crippen LogP contribution in [0.4, 0.5) is 16.4 Å². The van der Waals surface area contributed by atoms with E-state index in [1.54, 1.807) is 11.0 Å². The molecule has 2 rings (SSSR count). The van der Waals surface area contributed by atoms with Gasteiger partial charge in [-0.25, -0.2) is 18.2 Å². The third-order valence-corrected chi connectivity index (χ3v) is 5.68. The van der Waals surface area contributed by atoms with Crippen LogP contribution in [0.2, 0.25) is 0 Å². The van der Waals surface area contributed by atoms with Crippen LogP contribution >= 0.6 is 0 Å². The van der Waals surface area contributed by atoms with Crippen LogP contribution in [0.5, 0.6) is 0 Å². The van der Waals surface area contributed by atoms with Crippen molar-refractivity contribution >= 4 is 27.5 Å². The number of pyridine rings is 1. The standard InChI is InChI=1S/C15H24N4O3S/c1-18(2)14-8-4-7-13(16-14)17-15(20)19-10-5-6-12(9-11-19)23(3,21)22/h4,7-8,12H,5-6,9-11H2,1-3H3,(H,16,17,20). The lowest BCUT2D eigenvalue weighted by Crippen LogP contribution is -2.36. The van der Waals surface area contributed by atoms with Gasteiger partial charge in [0.15, 0.2) is 0 Å². The van der Waals surface area contributed by atoms with Gasteiger partial charge in [0.1, 0.15) is 21.5 Å². The van der Waals surface area contributed by atoms with Gasteiger partial charge in [-0.3, -0.25) is 5.32 Å². The summed E-state index contributed by atoms with van der Waals surface area (Å²) in [7, 11) is 0.717. The number of amides is 2. The monoisotopic (exact) mass is 340 g/mol. The van der Waals surface area contributed by atoms with Crippen molar-refractivity contribution in [3.05, 3.63) is 18.2 Å². The lowest BCUT2D eigenvalue weighted by molar-refractivity contribution is 0.213. The van der Waals surface area contributed by atoms with Crippen LogP contribution in [-0.4, -0.2) is 63.0 Å². The molecule has 0 aromatic carbocycles. The van der Waals surface area contributed by atoms with Gasteiger partial charge in [0.05, 0.1) is 5.25 Å². The Morgan fingerprint density at radius 3 is 2.70 bits per heavy atom. The minimum Gasteiger partial charge on any atom is -0.363 e. The molecule has 2 heterocycles. The van der Waals surface area contributed by atoms with Crippen molar-refractivity contribution in [3.8, 4) is 0 Å². The van der Waals surface area contributed by atoms with E-state index in [4.69, 9.17) is 0 Å². The highest BCUT2D eigenvalue weighted by Crippen LogP contribution is 2.18. The minimum atomic E-state index is -3.05. The topological polar surface area (TPSA) is 82.6 Å². The first-order valence-electron chi connectivity index (χ1n) is 7.66. The maximum absolute atomic E-state index is 12.4. The lowest BCUT2D eigenvalue weighted by atomic mass is 10.2. The Hall–Kier alpha value is -1.83. The number of urea groups is 1. The van der Waals surface area contributed by atoms with Crippen molar-refractivity contribution < 1.29 is 13.2 Å². The van der Waals surface area contributed by atoms with Crippen molar-refractivity contribution in [3.63, 3.8) is 0 Å². The van der Waals surface area contributed by atoms with E-state index in [9.17, 15) is 13.2 Å². The largest absolute Gasteiger partial charge is 0.363 e. The summed E-state index contributed by atoms with van der Waals surface area (Å²) in [5, 5.41) is 2.44. The van der Waals surface area contributed by atoms with E-state index in [1.807, 2.05) is 31.1 Å². The van der Waals surface area contributed by atoms with Gasteiger partial charge in [-0.2, -0.15) is 0 Å². The molecule has 1 N–H and O–H groups in total. The summed E-state index contributed by atoms with van der Waals surface area (Å²) >= 11 is 0. The molecular weight excluding hydrogens is 316 g/mol. The van der Waals surface area contributed by atoms with Crippen LogP contribution in [0, 0.1) is 0 Å². The second-order valence-corrected chi connectivity index (χ2v) is 8.40. The molecule has 1 aliphatic heterocycles. The number of hydrogen-bond acceptors (Lipinski definition) is 5. The molecule has 1 aromatic rings. The first-order valence-corrected chi connectivity index (χ1v) is 9.62. The van der Waals surface area contributed by atoms with Crippen LogP contribution < -0.4 is 10.2 Å². The lowest BCUT2D eigenvalue weighted by Gasteiger charge is -2.21. The Bertz CT molecular complexity index is 660. The molecule has 0 radical (unpaired) electrons. The molecule has 0 saturated carbocycles. The Kier molecular flexibility index (Phi) is 5.46. The molecule has 1 saturated heterocycles. The molecule has 0 bridgehead atoms. The molecule has 1 aliphatic rings. The summed E-state index contributed by atoms with van der Waals surface area (Å²) in [5.74, 6) is 1.25. The van der Waals surface area contributed by atoms with Crippen molar-refractivity contribution in [2.75, 3.05) is 43.7 Å². The van der Waals surface area contributed by atoms with E-state index in [2.05, 4.69) is 10.3 Å². The first kappa shape index (κ1) is 17.5. The molecule has 23 heavy (non-hydrogen) atoms. The molecule has 0 aliphatic carbocycles. The van der Waals surface area contributed by atoms with Crippen molar-refractivity contribution in [2.45, 2.75) is 24.5 Å². The fourth-order valence-corrected chi connectivity index (χ4v) is 3.76. The molecular formula is C15H24N4O3S. The molecule has 128 valence electrons. The summed E-state index contributed by atoms with van der Waals surface area (Å²) in [6, 6.07) is 5.20. The predicted octanol–water partition coefficient (Wildman–Crippen LogP) is 1.58. The SMILES string of the molecule is CN(C)c1cccc(NC(=O)N2CCCC(S(C)(=O)=O)CC2)n1. The molecule has 1 aromatic heterocycles. The highest BCUT2D eigenvalue weighted by molar-refractivity contribution is 7.91. The van der Waals surface area contributed by atoms with Crippen LogP contribution in [-0.2, 0) is 9.84 Å². The molecule has 1 atom stereocenters. The number of likely N-dealkylation sites (tertiary alicyclic amines) is 1. The van der Waals surface area contributed by atoms with Gasteiger partial charge in [-0.1, -0.05) is 6.07 Å². The number of rotatable bonds is 3. The van der Waals surface area contributed by atoms with Gasteiger partial charge in [0.2, 0.25) is 0 Å². The fourth-order valence-electron chi connectivity index (χ4n) is 2.63. The van der Waals surface area contributed by atoms with E-state index < -0.39 is 9.84 Å². The third-order valence-electron chi connectivity index (χ3n) is 4.00. The predicted molar refractivity (Wildman–Crippen MR) is 91.6 cm³/mol. The zero-order valence-electron chi connectivity index (χ0n) is 13.8. The number of sulfone groups is 1. The van der Waals surface area contributed by atoms with E-state index >= 15 is 0 Å². The summed E-state index contributed by atoms with van der Waals surface area (Å²) in [6.07, 6.45) is 3.05. The first-order chi connectivity index (χ1) is 10.8.